The van der Waals surface area contributed by atoms with Crippen molar-refractivity contribution < 1.29 is 14.3 Å². The highest BCUT2D eigenvalue weighted by Crippen LogP contribution is 2.38. The molecule has 0 unspecified atom stereocenters. The second-order valence-corrected chi connectivity index (χ2v) is 7.73. The van der Waals surface area contributed by atoms with Crippen LogP contribution in [0.4, 0.5) is 5.69 Å². The Kier molecular flexibility index (Phi) is 5.94. The fraction of sp³-hybridized carbons (Fsp3) is 0.364. The first kappa shape index (κ1) is 20.2. The largest absolute Gasteiger partial charge is 0.449 e. The van der Waals surface area contributed by atoms with Gasteiger partial charge in [-0.2, -0.15) is 0 Å². The van der Waals surface area contributed by atoms with Crippen molar-refractivity contribution in [3.63, 3.8) is 0 Å². The van der Waals surface area contributed by atoms with E-state index < -0.39 is 18.0 Å². The number of nitrogens with one attached hydrogen (secondary N) is 1. The highest BCUT2D eigenvalue weighted by molar-refractivity contribution is 6.31. The zero-order valence-electron chi connectivity index (χ0n) is 16.6. The van der Waals surface area contributed by atoms with Crippen LogP contribution in [0.3, 0.4) is 0 Å². The molecule has 1 atom stereocenters. The summed E-state index contributed by atoms with van der Waals surface area (Å²) < 4.78 is 7.55. The number of hydrogen-bond acceptors (Lipinski definition) is 3. The van der Waals surface area contributed by atoms with Gasteiger partial charge in [0.2, 0.25) is 0 Å². The van der Waals surface area contributed by atoms with E-state index in [9.17, 15) is 9.59 Å². The molecule has 2 aromatic rings. The second kappa shape index (κ2) is 8.23. The SMILES string of the molecule is Cc1ccc(Cl)cc1NC(=O)[C@H](C)OC(=O)/C=C/c1cc(C)n(C2CC2)c1C. The van der Waals surface area contributed by atoms with Crippen LogP contribution < -0.4 is 5.32 Å². The number of halogens is 1. The van der Waals surface area contributed by atoms with Crippen LogP contribution in [-0.2, 0) is 14.3 Å². The van der Waals surface area contributed by atoms with E-state index in [1.54, 1.807) is 25.1 Å². The summed E-state index contributed by atoms with van der Waals surface area (Å²) in [5.41, 5.74) is 4.81. The van der Waals surface area contributed by atoms with Gasteiger partial charge < -0.3 is 14.6 Å². The third-order valence-electron chi connectivity index (χ3n) is 4.95. The minimum Gasteiger partial charge on any atom is -0.449 e. The number of ether oxygens (including phenoxy) is 1. The molecule has 1 heterocycles. The van der Waals surface area contributed by atoms with E-state index >= 15 is 0 Å². The van der Waals surface area contributed by atoms with Crippen molar-refractivity contribution >= 4 is 35.2 Å². The van der Waals surface area contributed by atoms with Crippen LogP contribution in [0.25, 0.3) is 6.08 Å². The minimum absolute atomic E-state index is 0.404. The minimum atomic E-state index is -0.922. The average Bonchev–Trinajstić information content (AvgIpc) is 3.42. The lowest BCUT2D eigenvalue weighted by Crippen LogP contribution is -2.29. The lowest BCUT2D eigenvalue weighted by Gasteiger charge is -2.14. The standard InChI is InChI=1S/C22H25ClN2O3/c1-13-5-7-18(23)12-20(13)24-22(27)16(4)28-21(26)10-6-17-11-14(2)25(15(17)3)19-8-9-19/h5-7,10-12,16,19H,8-9H2,1-4H3,(H,24,27)/b10-6+/t16-/m0/s1. The molecule has 1 aromatic carbocycles. The molecule has 148 valence electrons. The molecule has 0 saturated heterocycles. The van der Waals surface area contributed by atoms with E-state index in [0.29, 0.717) is 16.8 Å². The van der Waals surface area contributed by atoms with Gasteiger partial charge in [0, 0.05) is 34.2 Å². The van der Waals surface area contributed by atoms with Gasteiger partial charge in [0.15, 0.2) is 6.10 Å². The number of benzene rings is 1. The number of carbonyl (C=O) groups excluding carboxylic acids is 2. The van der Waals surface area contributed by atoms with Crippen LogP contribution in [0, 0.1) is 20.8 Å². The Labute approximate surface area is 170 Å². The summed E-state index contributed by atoms with van der Waals surface area (Å²) in [4.78, 5) is 24.4. The normalized spacial score (nSPS) is 14.9. The van der Waals surface area contributed by atoms with Crippen molar-refractivity contribution in [1.82, 2.24) is 4.57 Å². The van der Waals surface area contributed by atoms with E-state index in [-0.39, 0.29) is 0 Å². The molecule has 1 N–H and O–H groups in total. The molecule has 0 bridgehead atoms. The fourth-order valence-electron chi connectivity index (χ4n) is 3.25. The van der Waals surface area contributed by atoms with E-state index in [1.807, 2.05) is 13.0 Å². The van der Waals surface area contributed by atoms with Gasteiger partial charge in [-0.3, -0.25) is 4.79 Å². The van der Waals surface area contributed by atoms with Gasteiger partial charge in [-0.25, -0.2) is 4.79 Å². The topological polar surface area (TPSA) is 60.3 Å². The lowest BCUT2D eigenvalue weighted by molar-refractivity contribution is -0.148. The molecule has 1 amide bonds. The molecule has 1 aliphatic rings. The Morgan fingerprint density at radius 1 is 1.25 bits per heavy atom. The number of amides is 1. The molecule has 6 heteroatoms. The first-order valence-corrected chi connectivity index (χ1v) is 9.78. The number of nitrogens with zero attached hydrogens (tertiary/aromatic N) is 1. The number of aryl methyl sites for hydroxylation is 2. The van der Waals surface area contributed by atoms with E-state index in [4.69, 9.17) is 16.3 Å². The predicted molar refractivity (Wildman–Crippen MR) is 112 cm³/mol. The fourth-order valence-corrected chi connectivity index (χ4v) is 3.43. The summed E-state index contributed by atoms with van der Waals surface area (Å²) in [5.74, 6) is -0.958. The summed E-state index contributed by atoms with van der Waals surface area (Å²) in [6.07, 6.45) is 4.61. The number of carbonyl (C=O) groups is 2. The first-order valence-electron chi connectivity index (χ1n) is 9.40. The van der Waals surface area contributed by atoms with Gasteiger partial charge in [0.1, 0.15) is 0 Å². The van der Waals surface area contributed by atoms with Gasteiger partial charge in [-0.05, 0) is 75.9 Å². The van der Waals surface area contributed by atoms with Gasteiger partial charge in [-0.15, -0.1) is 0 Å². The molecular formula is C22H25ClN2O3. The zero-order valence-corrected chi connectivity index (χ0v) is 17.3. The molecule has 1 aromatic heterocycles. The molecule has 5 nitrogen and oxygen atoms in total. The molecule has 0 radical (unpaired) electrons. The number of hydrogen-bond donors (Lipinski definition) is 1. The second-order valence-electron chi connectivity index (χ2n) is 7.29. The maximum Gasteiger partial charge on any atom is 0.331 e. The van der Waals surface area contributed by atoms with Crippen LogP contribution in [0.5, 0.6) is 0 Å². The number of rotatable bonds is 6. The average molecular weight is 401 g/mol. The van der Waals surface area contributed by atoms with Gasteiger partial charge in [-0.1, -0.05) is 17.7 Å². The quantitative estimate of drug-likeness (QED) is 0.549. The van der Waals surface area contributed by atoms with E-state index in [0.717, 1.165) is 16.8 Å². The highest BCUT2D eigenvalue weighted by Gasteiger charge is 2.26. The summed E-state index contributed by atoms with van der Waals surface area (Å²) in [6, 6.07) is 7.89. The third-order valence-corrected chi connectivity index (χ3v) is 5.19. The first-order chi connectivity index (χ1) is 13.3. The lowest BCUT2D eigenvalue weighted by atomic mass is 10.2. The summed E-state index contributed by atoms with van der Waals surface area (Å²) in [5, 5.41) is 3.27. The van der Waals surface area contributed by atoms with Gasteiger partial charge >= 0.3 is 5.97 Å². The van der Waals surface area contributed by atoms with Crippen molar-refractivity contribution in [2.75, 3.05) is 5.32 Å². The number of aromatic nitrogens is 1. The Bertz CT molecular complexity index is 941. The summed E-state index contributed by atoms with van der Waals surface area (Å²) in [7, 11) is 0. The zero-order chi connectivity index (χ0) is 20.4. The molecular weight excluding hydrogens is 376 g/mol. The van der Waals surface area contributed by atoms with E-state index in [1.165, 1.54) is 24.6 Å². The van der Waals surface area contributed by atoms with Crippen molar-refractivity contribution in [3.8, 4) is 0 Å². The third kappa shape index (κ3) is 4.65. The predicted octanol–water partition coefficient (Wildman–Crippen LogP) is 4.99. The monoisotopic (exact) mass is 400 g/mol. The van der Waals surface area contributed by atoms with Crippen LogP contribution in [-0.4, -0.2) is 22.5 Å². The van der Waals surface area contributed by atoms with Crippen molar-refractivity contribution in [2.45, 2.75) is 52.7 Å². The molecule has 1 fully saturated rings. The number of anilines is 1. The van der Waals surface area contributed by atoms with Gasteiger partial charge in [0.25, 0.3) is 5.91 Å². The van der Waals surface area contributed by atoms with Crippen molar-refractivity contribution in [1.29, 1.82) is 0 Å². The summed E-state index contributed by atoms with van der Waals surface area (Å²) in [6.45, 7) is 7.54. The Hall–Kier alpha value is -2.53. The molecule has 1 saturated carbocycles. The maximum absolute atomic E-state index is 12.3. The molecule has 3 rings (SSSR count). The summed E-state index contributed by atoms with van der Waals surface area (Å²) >= 11 is 5.97. The van der Waals surface area contributed by atoms with Gasteiger partial charge in [0.05, 0.1) is 0 Å². The van der Waals surface area contributed by atoms with Crippen LogP contribution in [0.15, 0.2) is 30.3 Å². The Morgan fingerprint density at radius 2 is 1.96 bits per heavy atom. The van der Waals surface area contributed by atoms with Crippen LogP contribution >= 0.6 is 11.6 Å². The van der Waals surface area contributed by atoms with Crippen LogP contribution in [0.2, 0.25) is 5.02 Å². The smallest absolute Gasteiger partial charge is 0.331 e. The maximum atomic E-state index is 12.3. The van der Waals surface area contributed by atoms with E-state index in [2.05, 4.69) is 29.8 Å². The Balaban J connectivity index is 1.59. The molecule has 28 heavy (non-hydrogen) atoms. The Morgan fingerprint density at radius 3 is 2.64 bits per heavy atom. The molecule has 0 spiro atoms. The number of esters is 1. The van der Waals surface area contributed by atoms with Crippen molar-refractivity contribution in [3.05, 3.63) is 57.9 Å². The highest BCUT2D eigenvalue weighted by atomic mass is 35.5. The van der Waals surface area contributed by atoms with Crippen molar-refractivity contribution in [2.24, 2.45) is 0 Å². The molecule has 0 aliphatic heterocycles. The molecule has 1 aliphatic carbocycles. The van der Waals surface area contributed by atoms with Crippen LogP contribution in [0.1, 0.15) is 48.3 Å².